The van der Waals surface area contributed by atoms with E-state index in [9.17, 15) is 9.59 Å². The lowest BCUT2D eigenvalue weighted by Gasteiger charge is -2.45. The molecular weight excluding hydrogens is 486 g/mol. The van der Waals surface area contributed by atoms with Gasteiger partial charge in [-0.25, -0.2) is 0 Å². The van der Waals surface area contributed by atoms with Crippen LogP contribution in [-0.2, 0) is 29.0 Å². The number of nitrogens with zero attached hydrogens (tertiary/aromatic N) is 2. The number of fused-ring (bicyclic) bond motifs is 2. The largest absolute Gasteiger partial charge is 0.342 e. The zero-order chi connectivity index (χ0) is 22.2. The predicted molar refractivity (Wildman–Crippen MR) is 132 cm³/mol. The molecule has 2 unspecified atom stereocenters. The summed E-state index contributed by atoms with van der Waals surface area (Å²) in [6.45, 7) is 4.98. The minimum Gasteiger partial charge on any atom is -0.342 e. The molecule has 0 spiro atoms. The van der Waals surface area contributed by atoms with Gasteiger partial charge in [0.05, 0.1) is 0 Å². The number of amides is 2. The van der Waals surface area contributed by atoms with Crippen LogP contribution in [-0.4, -0.2) is 53.3 Å². The normalized spacial score (nSPS) is 21.6. The average molecular weight is 512 g/mol. The van der Waals surface area contributed by atoms with E-state index < -0.39 is 12.1 Å². The number of piperazine rings is 2. The SMILES string of the molecule is CCc1sc2ccccc2c1CN1CCN2C(=O)C(Cc3ccc(Br)cc3)NC(=O)C2C1. The van der Waals surface area contributed by atoms with Gasteiger partial charge in [-0.15, -0.1) is 11.3 Å². The predicted octanol–water partition coefficient (Wildman–Crippen LogP) is 3.98. The molecule has 0 radical (unpaired) electrons. The molecule has 2 aliphatic heterocycles. The van der Waals surface area contributed by atoms with Gasteiger partial charge in [0.1, 0.15) is 12.1 Å². The second-order valence-corrected chi connectivity index (χ2v) is 10.6. The average Bonchev–Trinajstić information content (AvgIpc) is 3.16. The van der Waals surface area contributed by atoms with Crippen molar-refractivity contribution in [2.75, 3.05) is 19.6 Å². The minimum absolute atomic E-state index is 0.0346. The lowest BCUT2D eigenvalue weighted by atomic mass is 9.98. The highest BCUT2D eigenvalue weighted by Gasteiger charge is 2.43. The van der Waals surface area contributed by atoms with E-state index in [1.165, 1.54) is 20.5 Å². The Morgan fingerprint density at radius 3 is 2.66 bits per heavy atom. The Labute approximate surface area is 200 Å². The van der Waals surface area contributed by atoms with E-state index in [2.05, 4.69) is 57.3 Å². The van der Waals surface area contributed by atoms with E-state index in [0.29, 0.717) is 19.5 Å². The molecule has 0 saturated carbocycles. The van der Waals surface area contributed by atoms with Crippen molar-refractivity contribution in [2.24, 2.45) is 0 Å². The lowest BCUT2D eigenvalue weighted by molar-refractivity contribution is -0.153. The van der Waals surface area contributed by atoms with Gasteiger partial charge in [0.25, 0.3) is 0 Å². The molecule has 3 aromatic rings. The van der Waals surface area contributed by atoms with Crippen LogP contribution in [0.2, 0.25) is 0 Å². The highest BCUT2D eigenvalue weighted by molar-refractivity contribution is 9.10. The summed E-state index contributed by atoms with van der Waals surface area (Å²) in [4.78, 5) is 31.7. The van der Waals surface area contributed by atoms with Crippen molar-refractivity contribution in [3.63, 3.8) is 0 Å². The summed E-state index contributed by atoms with van der Waals surface area (Å²) >= 11 is 5.30. The molecule has 2 amide bonds. The molecule has 5 rings (SSSR count). The molecular formula is C25H26BrN3O2S. The zero-order valence-electron chi connectivity index (χ0n) is 18.0. The molecule has 3 heterocycles. The highest BCUT2D eigenvalue weighted by atomic mass is 79.9. The number of nitrogens with one attached hydrogen (secondary N) is 1. The summed E-state index contributed by atoms with van der Waals surface area (Å²) in [5, 5.41) is 4.31. The van der Waals surface area contributed by atoms with Crippen molar-refractivity contribution in [3.05, 3.63) is 69.0 Å². The second kappa shape index (κ2) is 8.96. The summed E-state index contributed by atoms with van der Waals surface area (Å²) in [6.07, 6.45) is 1.53. The van der Waals surface area contributed by atoms with E-state index in [4.69, 9.17) is 0 Å². The van der Waals surface area contributed by atoms with Crippen molar-refractivity contribution in [2.45, 2.75) is 38.4 Å². The number of benzene rings is 2. The third-order valence-electron chi connectivity index (χ3n) is 6.50. The number of rotatable bonds is 5. The van der Waals surface area contributed by atoms with Gasteiger partial charge in [-0.1, -0.05) is 53.2 Å². The first-order chi connectivity index (χ1) is 15.5. The molecule has 2 aliphatic rings. The molecule has 0 bridgehead atoms. The number of carbonyl (C=O) groups excluding carboxylic acids is 2. The molecule has 5 nitrogen and oxygen atoms in total. The Morgan fingerprint density at radius 2 is 1.88 bits per heavy atom. The molecule has 32 heavy (non-hydrogen) atoms. The van der Waals surface area contributed by atoms with Crippen LogP contribution in [0.25, 0.3) is 10.1 Å². The Kier molecular flexibility index (Phi) is 6.05. The van der Waals surface area contributed by atoms with E-state index >= 15 is 0 Å². The fourth-order valence-electron chi connectivity index (χ4n) is 4.83. The standard InChI is InChI=1S/C25H26BrN3O2S/c1-2-22-19(18-5-3-4-6-23(18)32-22)14-28-11-12-29-21(15-28)24(30)27-20(25(29)31)13-16-7-9-17(26)10-8-16/h3-10,20-21H,2,11-15H2,1H3,(H,27,30). The van der Waals surface area contributed by atoms with Gasteiger partial charge in [0.2, 0.25) is 11.8 Å². The van der Waals surface area contributed by atoms with Crippen LogP contribution in [0.5, 0.6) is 0 Å². The van der Waals surface area contributed by atoms with Crippen LogP contribution < -0.4 is 5.32 Å². The van der Waals surface area contributed by atoms with Crippen LogP contribution in [0.3, 0.4) is 0 Å². The molecule has 2 atom stereocenters. The lowest BCUT2D eigenvalue weighted by Crippen LogP contribution is -2.69. The fraction of sp³-hybridized carbons (Fsp3) is 0.360. The first-order valence-corrected chi connectivity index (χ1v) is 12.7. The summed E-state index contributed by atoms with van der Waals surface area (Å²) in [5.74, 6) is -0.00491. The van der Waals surface area contributed by atoms with Gasteiger partial charge >= 0.3 is 0 Å². The van der Waals surface area contributed by atoms with Crippen LogP contribution in [0.4, 0.5) is 0 Å². The number of hydrogen-bond acceptors (Lipinski definition) is 4. The highest BCUT2D eigenvalue weighted by Crippen LogP contribution is 2.33. The first kappa shape index (κ1) is 21.6. The summed E-state index contributed by atoms with van der Waals surface area (Å²) in [5.41, 5.74) is 2.41. The Morgan fingerprint density at radius 1 is 1.09 bits per heavy atom. The maximum atomic E-state index is 13.2. The molecule has 7 heteroatoms. The number of thiophene rings is 1. The van der Waals surface area contributed by atoms with Gasteiger partial charge < -0.3 is 10.2 Å². The molecule has 2 fully saturated rings. The molecule has 0 aliphatic carbocycles. The molecule has 1 aromatic heterocycles. The number of carbonyl (C=O) groups is 2. The third-order valence-corrected chi connectivity index (χ3v) is 8.39. The summed E-state index contributed by atoms with van der Waals surface area (Å²) in [7, 11) is 0. The van der Waals surface area contributed by atoms with Crippen molar-refractivity contribution in [3.8, 4) is 0 Å². The fourth-order valence-corrected chi connectivity index (χ4v) is 6.25. The summed E-state index contributed by atoms with van der Waals surface area (Å²) in [6, 6.07) is 15.6. The van der Waals surface area contributed by atoms with Crippen molar-refractivity contribution >= 4 is 49.2 Å². The van der Waals surface area contributed by atoms with Gasteiger partial charge in [-0.3, -0.25) is 14.5 Å². The molecule has 2 saturated heterocycles. The third kappa shape index (κ3) is 4.09. The van der Waals surface area contributed by atoms with Crippen molar-refractivity contribution < 1.29 is 9.59 Å². The first-order valence-electron chi connectivity index (χ1n) is 11.1. The van der Waals surface area contributed by atoms with Crippen LogP contribution in [0.1, 0.15) is 22.9 Å². The quantitative estimate of drug-likeness (QED) is 0.563. The van der Waals surface area contributed by atoms with Crippen LogP contribution >= 0.6 is 27.3 Å². The number of hydrogen-bond donors (Lipinski definition) is 1. The van der Waals surface area contributed by atoms with Gasteiger partial charge in [-0.05, 0) is 41.1 Å². The van der Waals surface area contributed by atoms with Crippen LogP contribution in [0.15, 0.2) is 53.0 Å². The summed E-state index contributed by atoms with van der Waals surface area (Å²) < 4.78 is 2.32. The van der Waals surface area contributed by atoms with Crippen molar-refractivity contribution in [1.82, 2.24) is 15.1 Å². The molecule has 166 valence electrons. The Balaban J connectivity index is 1.30. The number of aryl methyl sites for hydroxylation is 1. The second-order valence-electron chi connectivity index (χ2n) is 8.53. The van der Waals surface area contributed by atoms with E-state index in [-0.39, 0.29) is 11.8 Å². The van der Waals surface area contributed by atoms with Gasteiger partial charge in [-0.2, -0.15) is 0 Å². The Bertz CT molecular complexity index is 1160. The van der Waals surface area contributed by atoms with Gasteiger partial charge in [0.15, 0.2) is 0 Å². The Hall–Kier alpha value is -2.22. The smallest absolute Gasteiger partial charge is 0.246 e. The van der Waals surface area contributed by atoms with E-state index in [1.54, 1.807) is 4.90 Å². The van der Waals surface area contributed by atoms with Crippen molar-refractivity contribution in [1.29, 1.82) is 0 Å². The van der Waals surface area contributed by atoms with Crippen LogP contribution in [0, 0.1) is 0 Å². The zero-order valence-corrected chi connectivity index (χ0v) is 20.4. The molecule has 1 N–H and O–H groups in total. The minimum atomic E-state index is -0.487. The maximum absolute atomic E-state index is 13.2. The topological polar surface area (TPSA) is 52.6 Å². The van der Waals surface area contributed by atoms with E-state index in [0.717, 1.165) is 29.5 Å². The molecule has 2 aromatic carbocycles. The van der Waals surface area contributed by atoms with E-state index in [1.807, 2.05) is 35.6 Å². The number of halogens is 1. The monoisotopic (exact) mass is 511 g/mol. The maximum Gasteiger partial charge on any atom is 0.246 e. The van der Waals surface area contributed by atoms with Gasteiger partial charge in [0, 0.05) is 46.6 Å².